The molecule has 0 N–H and O–H groups in total. The minimum atomic E-state index is -0.293. The van der Waals surface area contributed by atoms with E-state index < -0.39 is 0 Å². The SMILES string of the molecule is CCc1nnc(N2CC(C(=O)N3CCN(c4ccncc4)CC3)CC2=O)s1. The Balaban J connectivity index is 1.36. The van der Waals surface area contributed by atoms with Gasteiger partial charge in [-0.1, -0.05) is 18.3 Å². The topological polar surface area (TPSA) is 82.5 Å². The first kappa shape index (κ1) is 17.8. The molecule has 27 heavy (non-hydrogen) atoms. The Morgan fingerprint density at radius 1 is 1.19 bits per heavy atom. The van der Waals surface area contributed by atoms with Crippen LogP contribution in [0.5, 0.6) is 0 Å². The minimum Gasteiger partial charge on any atom is -0.368 e. The van der Waals surface area contributed by atoms with E-state index in [2.05, 4.69) is 20.1 Å². The van der Waals surface area contributed by atoms with Gasteiger partial charge in [-0.05, 0) is 18.6 Å². The number of aryl methyl sites for hydroxylation is 1. The number of hydrogen-bond acceptors (Lipinski definition) is 7. The number of rotatable bonds is 4. The Morgan fingerprint density at radius 2 is 1.93 bits per heavy atom. The number of aromatic nitrogens is 3. The second-order valence-corrected chi connectivity index (χ2v) is 7.80. The van der Waals surface area contributed by atoms with Gasteiger partial charge in [-0.3, -0.25) is 19.5 Å². The molecule has 0 bridgehead atoms. The molecule has 8 nitrogen and oxygen atoms in total. The third kappa shape index (κ3) is 3.64. The van der Waals surface area contributed by atoms with E-state index in [1.807, 2.05) is 24.0 Å². The highest BCUT2D eigenvalue weighted by atomic mass is 32.1. The van der Waals surface area contributed by atoms with Crippen LogP contribution in [0.1, 0.15) is 18.4 Å². The smallest absolute Gasteiger partial charge is 0.229 e. The normalized spacial score (nSPS) is 20.4. The van der Waals surface area contributed by atoms with Gasteiger partial charge in [0.05, 0.1) is 5.92 Å². The fourth-order valence-electron chi connectivity index (χ4n) is 3.55. The van der Waals surface area contributed by atoms with Crippen molar-refractivity contribution in [2.24, 2.45) is 5.92 Å². The highest BCUT2D eigenvalue weighted by molar-refractivity contribution is 7.15. The Morgan fingerprint density at radius 3 is 2.59 bits per heavy atom. The fourth-order valence-corrected chi connectivity index (χ4v) is 4.36. The van der Waals surface area contributed by atoms with Crippen LogP contribution < -0.4 is 9.80 Å². The van der Waals surface area contributed by atoms with Crippen molar-refractivity contribution in [3.05, 3.63) is 29.5 Å². The summed E-state index contributed by atoms with van der Waals surface area (Å²) in [6.45, 7) is 5.33. The van der Waals surface area contributed by atoms with Crippen molar-refractivity contribution in [3.63, 3.8) is 0 Å². The lowest BCUT2D eigenvalue weighted by Crippen LogP contribution is -2.50. The molecule has 4 heterocycles. The number of anilines is 2. The average molecular weight is 386 g/mol. The summed E-state index contributed by atoms with van der Waals surface area (Å²) in [6, 6.07) is 3.97. The molecule has 0 aromatic carbocycles. The molecule has 2 saturated heterocycles. The van der Waals surface area contributed by atoms with Crippen molar-refractivity contribution in [2.75, 3.05) is 42.5 Å². The summed E-state index contributed by atoms with van der Waals surface area (Å²) < 4.78 is 0. The average Bonchev–Trinajstić information content (AvgIpc) is 3.34. The number of piperazine rings is 1. The van der Waals surface area contributed by atoms with Crippen LogP contribution in [0.3, 0.4) is 0 Å². The molecule has 2 aliphatic heterocycles. The van der Waals surface area contributed by atoms with Gasteiger partial charge in [-0.2, -0.15) is 0 Å². The van der Waals surface area contributed by atoms with E-state index in [0.29, 0.717) is 24.8 Å². The van der Waals surface area contributed by atoms with Gasteiger partial charge in [-0.15, -0.1) is 10.2 Å². The molecule has 2 aromatic rings. The zero-order valence-corrected chi connectivity index (χ0v) is 16.1. The van der Waals surface area contributed by atoms with Crippen LogP contribution in [-0.2, 0) is 16.0 Å². The summed E-state index contributed by atoms with van der Waals surface area (Å²) in [6.07, 6.45) is 4.61. The molecule has 2 aliphatic rings. The Labute approximate surface area is 161 Å². The maximum Gasteiger partial charge on any atom is 0.229 e. The third-order valence-corrected chi connectivity index (χ3v) is 6.17. The van der Waals surface area contributed by atoms with Crippen LogP contribution in [0.4, 0.5) is 10.8 Å². The molecule has 0 saturated carbocycles. The predicted octanol–water partition coefficient (Wildman–Crippen LogP) is 1.20. The van der Waals surface area contributed by atoms with E-state index in [0.717, 1.165) is 30.2 Å². The van der Waals surface area contributed by atoms with Crippen LogP contribution in [0.25, 0.3) is 0 Å². The molecule has 1 atom stereocenters. The van der Waals surface area contributed by atoms with Crippen molar-refractivity contribution in [1.29, 1.82) is 0 Å². The van der Waals surface area contributed by atoms with Gasteiger partial charge in [-0.25, -0.2) is 0 Å². The summed E-state index contributed by atoms with van der Waals surface area (Å²) in [7, 11) is 0. The molecule has 2 amide bonds. The lowest BCUT2D eigenvalue weighted by atomic mass is 10.1. The molecule has 142 valence electrons. The van der Waals surface area contributed by atoms with E-state index in [1.54, 1.807) is 17.3 Å². The predicted molar refractivity (Wildman–Crippen MR) is 103 cm³/mol. The first-order chi connectivity index (χ1) is 13.2. The highest BCUT2D eigenvalue weighted by Crippen LogP contribution is 2.29. The monoisotopic (exact) mass is 386 g/mol. The number of carbonyl (C=O) groups is 2. The molecule has 4 rings (SSSR count). The maximum absolute atomic E-state index is 12.9. The lowest BCUT2D eigenvalue weighted by molar-refractivity contribution is -0.136. The number of nitrogens with zero attached hydrogens (tertiary/aromatic N) is 6. The van der Waals surface area contributed by atoms with E-state index in [1.165, 1.54) is 11.3 Å². The van der Waals surface area contributed by atoms with Gasteiger partial charge in [0.2, 0.25) is 16.9 Å². The van der Waals surface area contributed by atoms with Crippen LogP contribution in [0.15, 0.2) is 24.5 Å². The van der Waals surface area contributed by atoms with E-state index in [4.69, 9.17) is 0 Å². The first-order valence-corrected chi connectivity index (χ1v) is 10.0. The minimum absolute atomic E-state index is 0.0393. The van der Waals surface area contributed by atoms with Gasteiger partial charge in [0.15, 0.2) is 0 Å². The molecule has 2 aromatic heterocycles. The lowest BCUT2D eigenvalue weighted by Gasteiger charge is -2.37. The van der Waals surface area contributed by atoms with Crippen molar-refractivity contribution in [1.82, 2.24) is 20.1 Å². The van der Waals surface area contributed by atoms with Crippen molar-refractivity contribution >= 4 is 34.0 Å². The van der Waals surface area contributed by atoms with Crippen LogP contribution >= 0.6 is 11.3 Å². The number of hydrogen-bond donors (Lipinski definition) is 0. The quantitative estimate of drug-likeness (QED) is 0.785. The number of pyridine rings is 1. The largest absolute Gasteiger partial charge is 0.368 e. The molecular formula is C18H22N6O2S. The standard InChI is InChI=1S/C18H22N6O2S/c1-2-15-20-21-18(27-15)24-12-13(11-16(24)25)17(26)23-9-7-22(8-10-23)14-3-5-19-6-4-14/h3-6,13H,2,7-12H2,1H3. The summed E-state index contributed by atoms with van der Waals surface area (Å²) >= 11 is 1.43. The third-order valence-electron chi connectivity index (χ3n) is 5.08. The van der Waals surface area contributed by atoms with Gasteiger partial charge in [0.1, 0.15) is 5.01 Å². The Hall–Kier alpha value is -2.55. The highest BCUT2D eigenvalue weighted by Gasteiger charge is 2.39. The van der Waals surface area contributed by atoms with Crippen molar-refractivity contribution in [3.8, 4) is 0 Å². The molecular weight excluding hydrogens is 364 g/mol. The van der Waals surface area contributed by atoms with Gasteiger partial charge >= 0.3 is 0 Å². The zero-order valence-electron chi connectivity index (χ0n) is 15.2. The van der Waals surface area contributed by atoms with E-state index >= 15 is 0 Å². The molecule has 0 aliphatic carbocycles. The summed E-state index contributed by atoms with van der Waals surface area (Å²) in [4.78, 5) is 35.1. The Kier molecular flexibility index (Phi) is 5.02. The number of amides is 2. The zero-order chi connectivity index (χ0) is 18.8. The van der Waals surface area contributed by atoms with Crippen molar-refractivity contribution < 1.29 is 9.59 Å². The van der Waals surface area contributed by atoms with Crippen LogP contribution in [-0.4, -0.2) is 64.6 Å². The molecule has 0 radical (unpaired) electrons. The Bertz CT molecular complexity index is 818. The number of carbonyl (C=O) groups excluding carboxylic acids is 2. The van der Waals surface area contributed by atoms with E-state index in [-0.39, 0.29) is 24.2 Å². The molecule has 1 unspecified atom stereocenters. The van der Waals surface area contributed by atoms with E-state index in [9.17, 15) is 9.59 Å². The van der Waals surface area contributed by atoms with Crippen LogP contribution in [0.2, 0.25) is 0 Å². The molecule has 9 heteroatoms. The molecule has 2 fully saturated rings. The van der Waals surface area contributed by atoms with Gasteiger partial charge < -0.3 is 9.80 Å². The maximum atomic E-state index is 12.9. The van der Waals surface area contributed by atoms with Crippen LogP contribution in [0, 0.1) is 5.92 Å². The summed E-state index contributed by atoms with van der Waals surface area (Å²) in [5, 5.41) is 9.69. The first-order valence-electron chi connectivity index (χ1n) is 9.22. The van der Waals surface area contributed by atoms with Gasteiger partial charge in [0, 0.05) is 57.2 Å². The van der Waals surface area contributed by atoms with Gasteiger partial charge in [0.25, 0.3) is 0 Å². The summed E-state index contributed by atoms with van der Waals surface area (Å²) in [5.41, 5.74) is 1.13. The second kappa shape index (κ2) is 7.59. The fraction of sp³-hybridized carbons (Fsp3) is 0.500. The molecule has 0 spiro atoms. The van der Waals surface area contributed by atoms with Crippen molar-refractivity contribution in [2.45, 2.75) is 19.8 Å². The second-order valence-electron chi connectivity index (χ2n) is 6.76. The summed E-state index contributed by atoms with van der Waals surface area (Å²) in [5.74, 6) is -0.262.